The van der Waals surface area contributed by atoms with Gasteiger partial charge in [0.05, 0.1) is 12.7 Å². The molecule has 0 unspecified atom stereocenters. The summed E-state index contributed by atoms with van der Waals surface area (Å²) in [5.74, 6) is -0.0787. The Morgan fingerprint density at radius 2 is 2.15 bits per heavy atom. The van der Waals surface area contributed by atoms with Gasteiger partial charge in [-0.05, 0) is 55.0 Å². The summed E-state index contributed by atoms with van der Waals surface area (Å²) in [4.78, 5) is 20.1. The lowest BCUT2D eigenvalue weighted by Crippen LogP contribution is -2.23. The number of carbonyl (C=O) groups excluding carboxylic acids is 1. The van der Waals surface area contributed by atoms with Crippen LogP contribution in [0.25, 0.3) is 6.08 Å². The van der Waals surface area contributed by atoms with Crippen molar-refractivity contribution in [3.63, 3.8) is 0 Å². The van der Waals surface area contributed by atoms with Gasteiger partial charge in [-0.1, -0.05) is 6.07 Å². The molecule has 0 aliphatic heterocycles. The van der Waals surface area contributed by atoms with Gasteiger partial charge >= 0.3 is 0 Å². The van der Waals surface area contributed by atoms with Gasteiger partial charge < -0.3 is 9.64 Å². The summed E-state index contributed by atoms with van der Waals surface area (Å²) >= 11 is 1.67. The molecule has 0 saturated carbocycles. The fourth-order valence-corrected chi connectivity index (χ4v) is 3.36. The fraction of sp³-hybridized carbons (Fsp3) is 0.143. The number of thiophene rings is 1. The topological polar surface area (TPSA) is 42.4 Å². The van der Waals surface area contributed by atoms with Crippen molar-refractivity contribution in [1.29, 1.82) is 0 Å². The minimum Gasteiger partial charge on any atom is -0.453 e. The number of aromatic nitrogens is 1. The Hall–Kier alpha value is -2.99. The average molecular weight is 382 g/mol. The first-order valence-electron chi connectivity index (χ1n) is 8.37. The number of aryl methyl sites for hydroxylation is 1. The van der Waals surface area contributed by atoms with Crippen molar-refractivity contribution in [3.05, 3.63) is 82.1 Å². The van der Waals surface area contributed by atoms with E-state index in [0.29, 0.717) is 17.9 Å². The van der Waals surface area contributed by atoms with Gasteiger partial charge in [-0.15, -0.1) is 11.3 Å². The summed E-state index contributed by atoms with van der Waals surface area (Å²) in [5, 5.41) is 0. The quantitative estimate of drug-likeness (QED) is 0.560. The number of hydrogen-bond acceptors (Lipinski definition) is 4. The van der Waals surface area contributed by atoms with Crippen LogP contribution < -0.4 is 4.74 Å². The van der Waals surface area contributed by atoms with E-state index >= 15 is 0 Å². The van der Waals surface area contributed by atoms with Crippen molar-refractivity contribution in [2.45, 2.75) is 13.5 Å². The molecule has 0 saturated heterocycles. The molecule has 1 aromatic carbocycles. The zero-order valence-electron chi connectivity index (χ0n) is 15.1. The second kappa shape index (κ2) is 8.60. The predicted molar refractivity (Wildman–Crippen MR) is 105 cm³/mol. The minimum atomic E-state index is -0.504. The van der Waals surface area contributed by atoms with Crippen LogP contribution in [-0.2, 0) is 11.3 Å². The number of rotatable bonds is 6. The maximum Gasteiger partial charge on any atom is 0.246 e. The van der Waals surface area contributed by atoms with Gasteiger partial charge in [0.25, 0.3) is 0 Å². The molecule has 3 aromatic rings. The maximum atomic E-state index is 14.2. The summed E-state index contributed by atoms with van der Waals surface area (Å²) in [6.45, 7) is 2.58. The Labute approximate surface area is 161 Å². The van der Waals surface area contributed by atoms with Gasteiger partial charge in [-0.3, -0.25) is 9.78 Å². The van der Waals surface area contributed by atoms with Crippen molar-refractivity contribution >= 4 is 23.3 Å². The van der Waals surface area contributed by atoms with E-state index in [1.807, 2.05) is 19.1 Å². The van der Waals surface area contributed by atoms with Crippen LogP contribution in [0.15, 0.2) is 60.9 Å². The number of halogens is 1. The Morgan fingerprint density at radius 3 is 2.81 bits per heavy atom. The lowest BCUT2D eigenvalue weighted by Gasteiger charge is -2.13. The molecule has 138 valence electrons. The third-order valence-corrected chi connectivity index (χ3v) is 4.79. The summed E-state index contributed by atoms with van der Waals surface area (Å²) in [6.07, 6.45) is 6.16. The molecule has 0 radical (unpaired) electrons. The van der Waals surface area contributed by atoms with Crippen LogP contribution in [-0.4, -0.2) is 22.8 Å². The van der Waals surface area contributed by atoms with E-state index in [4.69, 9.17) is 4.74 Å². The maximum absolute atomic E-state index is 14.2. The molecule has 27 heavy (non-hydrogen) atoms. The van der Waals surface area contributed by atoms with Crippen LogP contribution in [0.4, 0.5) is 4.39 Å². The van der Waals surface area contributed by atoms with Gasteiger partial charge in [-0.2, -0.15) is 0 Å². The molecule has 0 N–H and O–H groups in total. The number of nitrogens with zero attached hydrogens (tertiary/aromatic N) is 2. The predicted octanol–water partition coefficient (Wildman–Crippen LogP) is 5.05. The third kappa shape index (κ3) is 5.24. The standard InChI is InChI=1S/C21H19FN2O2S/c1-15-5-8-18(27-15)14-24(2)21(25)10-7-16-6-9-20(19(22)12-16)26-17-4-3-11-23-13-17/h3-13H,14H2,1-2H3. The Bertz CT molecular complexity index is 954. The van der Waals surface area contributed by atoms with E-state index in [0.717, 1.165) is 4.88 Å². The van der Waals surface area contributed by atoms with Crippen molar-refractivity contribution < 1.29 is 13.9 Å². The number of hydrogen-bond donors (Lipinski definition) is 0. The van der Waals surface area contributed by atoms with Gasteiger partial charge in [0.15, 0.2) is 11.6 Å². The first kappa shape index (κ1) is 18.8. The molecule has 0 aliphatic carbocycles. The van der Waals surface area contributed by atoms with Crippen molar-refractivity contribution in [2.24, 2.45) is 0 Å². The summed E-state index contributed by atoms with van der Waals surface area (Å²) in [6, 6.07) is 12.0. The normalized spacial score (nSPS) is 10.9. The van der Waals surface area contributed by atoms with Gasteiger partial charge in [-0.25, -0.2) is 4.39 Å². The Morgan fingerprint density at radius 1 is 1.30 bits per heavy atom. The molecule has 0 bridgehead atoms. The SMILES string of the molecule is Cc1ccc(CN(C)C(=O)C=Cc2ccc(Oc3cccnc3)c(F)c2)s1. The molecule has 2 aromatic heterocycles. The highest BCUT2D eigenvalue weighted by Gasteiger charge is 2.08. The van der Waals surface area contributed by atoms with E-state index < -0.39 is 5.82 Å². The van der Waals surface area contributed by atoms with Crippen molar-refractivity contribution in [2.75, 3.05) is 7.05 Å². The molecule has 0 aliphatic rings. The molecule has 6 heteroatoms. The third-order valence-electron chi connectivity index (χ3n) is 3.80. The lowest BCUT2D eigenvalue weighted by molar-refractivity contribution is -0.125. The van der Waals surface area contributed by atoms with Crippen LogP contribution in [0.3, 0.4) is 0 Å². The van der Waals surface area contributed by atoms with E-state index in [-0.39, 0.29) is 11.7 Å². The molecule has 0 atom stereocenters. The summed E-state index contributed by atoms with van der Waals surface area (Å²) < 4.78 is 19.7. The first-order chi connectivity index (χ1) is 13.0. The highest BCUT2D eigenvalue weighted by atomic mass is 32.1. The van der Waals surface area contributed by atoms with Crippen molar-refractivity contribution in [3.8, 4) is 11.5 Å². The summed E-state index contributed by atoms with van der Waals surface area (Å²) in [7, 11) is 1.74. The lowest BCUT2D eigenvalue weighted by atomic mass is 10.2. The van der Waals surface area contributed by atoms with E-state index in [1.165, 1.54) is 29.3 Å². The molecule has 0 fully saturated rings. The molecular formula is C21H19FN2O2S. The molecule has 0 spiro atoms. The molecule has 4 nitrogen and oxygen atoms in total. The fourth-order valence-electron chi connectivity index (χ4n) is 2.41. The Balaban J connectivity index is 1.62. The van der Waals surface area contributed by atoms with Gasteiger partial charge in [0, 0.05) is 29.1 Å². The van der Waals surface area contributed by atoms with E-state index in [1.54, 1.807) is 53.8 Å². The number of ether oxygens (including phenoxy) is 1. The zero-order chi connectivity index (χ0) is 19.2. The van der Waals surface area contributed by atoms with Crippen LogP contribution in [0, 0.1) is 12.7 Å². The first-order valence-corrected chi connectivity index (χ1v) is 9.19. The largest absolute Gasteiger partial charge is 0.453 e. The highest BCUT2D eigenvalue weighted by molar-refractivity contribution is 7.11. The number of benzene rings is 1. The zero-order valence-corrected chi connectivity index (χ0v) is 15.9. The van der Waals surface area contributed by atoms with Crippen LogP contribution in [0.2, 0.25) is 0 Å². The number of carbonyl (C=O) groups is 1. The average Bonchev–Trinajstić information content (AvgIpc) is 3.07. The van der Waals surface area contributed by atoms with Crippen LogP contribution >= 0.6 is 11.3 Å². The summed E-state index contributed by atoms with van der Waals surface area (Å²) in [5.41, 5.74) is 0.583. The molecule has 3 rings (SSSR count). The minimum absolute atomic E-state index is 0.108. The molecule has 2 heterocycles. The smallest absolute Gasteiger partial charge is 0.246 e. The number of likely N-dealkylation sites (N-methyl/N-ethyl adjacent to an activating group) is 1. The van der Waals surface area contributed by atoms with Crippen LogP contribution in [0.5, 0.6) is 11.5 Å². The number of pyridine rings is 1. The Kier molecular flexibility index (Phi) is 5.98. The number of amides is 1. The van der Waals surface area contributed by atoms with E-state index in [2.05, 4.69) is 4.98 Å². The van der Waals surface area contributed by atoms with E-state index in [9.17, 15) is 9.18 Å². The van der Waals surface area contributed by atoms with Crippen LogP contribution in [0.1, 0.15) is 15.3 Å². The second-order valence-corrected chi connectivity index (χ2v) is 7.39. The van der Waals surface area contributed by atoms with Gasteiger partial charge in [0.1, 0.15) is 5.75 Å². The monoisotopic (exact) mass is 382 g/mol. The van der Waals surface area contributed by atoms with Gasteiger partial charge in [0.2, 0.25) is 5.91 Å². The van der Waals surface area contributed by atoms with Crippen molar-refractivity contribution in [1.82, 2.24) is 9.88 Å². The molecular weight excluding hydrogens is 363 g/mol. The highest BCUT2D eigenvalue weighted by Crippen LogP contribution is 2.25. The molecule has 1 amide bonds. The second-order valence-electron chi connectivity index (χ2n) is 6.02.